The first-order chi connectivity index (χ1) is 11.7. The van der Waals surface area contributed by atoms with Gasteiger partial charge in [0.2, 0.25) is 0 Å². The first kappa shape index (κ1) is 17.1. The zero-order valence-electron chi connectivity index (χ0n) is 13.3. The maximum absolute atomic E-state index is 10.1. The van der Waals surface area contributed by atoms with E-state index in [1.54, 1.807) is 0 Å². The van der Waals surface area contributed by atoms with Gasteiger partial charge in [-0.1, -0.05) is 60.7 Å². The highest BCUT2D eigenvalue weighted by Gasteiger charge is 2.43. The summed E-state index contributed by atoms with van der Waals surface area (Å²) in [4.78, 5) is 0. The fourth-order valence-corrected chi connectivity index (χ4v) is 2.69. The van der Waals surface area contributed by atoms with E-state index >= 15 is 0 Å². The second-order valence-corrected chi connectivity index (χ2v) is 5.82. The second-order valence-electron chi connectivity index (χ2n) is 5.82. The molecule has 5 heteroatoms. The molecular formula is C19H22O5. The van der Waals surface area contributed by atoms with Crippen LogP contribution in [0.4, 0.5) is 0 Å². The molecule has 1 fully saturated rings. The van der Waals surface area contributed by atoms with Gasteiger partial charge in [-0.25, -0.2) is 0 Å². The Labute approximate surface area is 141 Å². The van der Waals surface area contributed by atoms with Gasteiger partial charge in [-0.15, -0.1) is 0 Å². The van der Waals surface area contributed by atoms with E-state index < -0.39 is 24.6 Å². The van der Waals surface area contributed by atoms with Gasteiger partial charge in [0, 0.05) is 0 Å². The normalized spacial score (nSPS) is 26.6. The predicted octanol–water partition coefficient (Wildman–Crippen LogP) is 1.87. The van der Waals surface area contributed by atoms with Crippen molar-refractivity contribution < 1.29 is 24.4 Å². The molecule has 0 saturated carbocycles. The molecule has 0 amide bonds. The Morgan fingerprint density at radius 2 is 1.42 bits per heavy atom. The van der Waals surface area contributed by atoms with Gasteiger partial charge >= 0.3 is 0 Å². The van der Waals surface area contributed by atoms with E-state index in [0.717, 1.165) is 11.1 Å². The summed E-state index contributed by atoms with van der Waals surface area (Å²) in [5, 5.41) is 19.8. The molecule has 0 spiro atoms. The van der Waals surface area contributed by atoms with Crippen molar-refractivity contribution >= 4 is 0 Å². The van der Waals surface area contributed by atoms with Gasteiger partial charge in [0.15, 0.2) is 6.29 Å². The van der Waals surface area contributed by atoms with Crippen LogP contribution in [0.2, 0.25) is 0 Å². The van der Waals surface area contributed by atoms with E-state index in [2.05, 4.69) is 0 Å². The lowest BCUT2D eigenvalue weighted by Crippen LogP contribution is -2.37. The van der Waals surface area contributed by atoms with Crippen molar-refractivity contribution in [1.82, 2.24) is 0 Å². The molecule has 4 atom stereocenters. The van der Waals surface area contributed by atoms with E-state index in [4.69, 9.17) is 14.2 Å². The van der Waals surface area contributed by atoms with Crippen LogP contribution in [0.3, 0.4) is 0 Å². The lowest BCUT2D eigenvalue weighted by Gasteiger charge is -2.20. The van der Waals surface area contributed by atoms with Crippen LogP contribution < -0.4 is 0 Å². The number of aliphatic hydroxyl groups excluding tert-OH is 2. The zero-order chi connectivity index (χ0) is 16.8. The van der Waals surface area contributed by atoms with Gasteiger partial charge in [0.1, 0.15) is 18.3 Å². The minimum atomic E-state index is -1.25. The lowest BCUT2D eigenvalue weighted by atomic mass is 10.1. The molecule has 1 saturated heterocycles. The number of ether oxygens (including phenoxy) is 3. The van der Waals surface area contributed by atoms with E-state index in [0.29, 0.717) is 13.2 Å². The van der Waals surface area contributed by atoms with E-state index in [9.17, 15) is 10.2 Å². The van der Waals surface area contributed by atoms with Crippen molar-refractivity contribution in [3.05, 3.63) is 71.8 Å². The fourth-order valence-electron chi connectivity index (χ4n) is 2.69. The molecule has 0 radical (unpaired) electrons. The summed E-state index contributed by atoms with van der Waals surface area (Å²) >= 11 is 0. The number of hydrogen-bond acceptors (Lipinski definition) is 5. The molecule has 1 unspecified atom stereocenters. The van der Waals surface area contributed by atoms with Gasteiger partial charge in [-0.05, 0) is 11.1 Å². The molecule has 1 aliphatic heterocycles. The molecule has 1 heterocycles. The van der Waals surface area contributed by atoms with E-state index in [1.807, 2.05) is 60.7 Å². The maximum atomic E-state index is 10.1. The fraction of sp³-hybridized carbons (Fsp3) is 0.368. The summed E-state index contributed by atoms with van der Waals surface area (Å²) in [5.74, 6) is 0. The molecule has 2 aromatic rings. The number of rotatable bonds is 7. The van der Waals surface area contributed by atoms with E-state index in [-0.39, 0.29) is 6.61 Å². The molecule has 2 aromatic carbocycles. The quantitative estimate of drug-likeness (QED) is 0.811. The minimum Gasteiger partial charge on any atom is -0.385 e. The first-order valence-electron chi connectivity index (χ1n) is 8.03. The van der Waals surface area contributed by atoms with Gasteiger partial charge in [0.05, 0.1) is 19.8 Å². The van der Waals surface area contributed by atoms with Crippen LogP contribution in [0.25, 0.3) is 0 Å². The van der Waals surface area contributed by atoms with Crippen molar-refractivity contribution in [1.29, 1.82) is 0 Å². The summed E-state index contributed by atoms with van der Waals surface area (Å²) in [6.07, 6.45) is -3.48. The number of aliphatic hydroxyl groups is 2. The lowest BCUT2D eigenvalue weighted by molar-refractivity contribution is -0.137. The van der Waals surface area contributed by atoms with Crippen molar-refractivity contribution in [2.24, 2.45) is 0 Å². The van der Waals surface area contributed by atoms with Crippen LogP contribution in [0.15, 0.2) is 60.7 Å². The standard InChI is InChI=1S/C19H22O5/c20-17-18(23-12-15-9-5-2-6-10-15)16(24-19(17)21)13-22-11-14-7-3-1-4-8-14/h1-10,16-21H,11-13H2/t16-,17+,18-,19?/m1/s1. The first-order valence-corrected chi connectivity index (χ1v) is 8.03. The molecule has 0 aliphatic carbocycles. The molecule has 0 bridgehead atoms. The topological polar surface area (TPSA) is 68.2 Å². The van der Waals surface area contributed by atoms with Gasteiger partial charge in [-0.3, -0.25) is 0 Å². The molecule has 0 aromatic heterocycles. The van der Waals surface area contributed by atoms with Crippen molar-refractivity contribution in [3.8, 4) is 0 Å². The maximum Gasteiger partial charge on any atom is 0.184 e. The monoisotopic (exact) mass is 330 g/mol. The highest BCUT2D eigenvalue weighted by atomic mass is 16.7. The third-order valence-corrected chi connectivity index (χ3v) is 3.99. The summed E-state index contributed by atoms with van der Waals surface area (Å²) in [6, 6.07) is 19.5. The van der Waals surface area contributed by atoms with Crippen LogP contribution in [-0.2, 0) is 27.4 Å². The summed E-state index contributed by atoms with van der Waals surface area (Å²) in [6.45, 7) is 1.02. The van der Waals surface area contributed by atoms with Crippen molar-refractivity contribution in [3.63, 3.8) is 0 Å². The van der Waals surface area contributed by atoms with E-state index in [1.165, 1.54) is 0 Å². The van der Waals surface area contributed by atoms with Crippen LogP contribution >= 0.6 is 0 Å². The molecule has 1 aliphatic rings. The number of benzene rings is 2. The third kappa shape index (κ3) is 4.41. The van der Waals surface area contributed by atoms with Gasteiger partial charge < -0.3 is 24.4 Å². The van der Waals surface area contributed by atoms with Crippen molar-refractivity contribution in [2.45, 2.75) is 37.8 Å². The molecule has 128 valence electrons. The highest BCUT2D eigenvalue weighted by Crippen LogP contribution is 2.24. The number of hydrogen-bond donors (Lipinski definition) is 2. The molecule has 3 rings (SSSR count). The SMILES string of the molecule is OC1O[C@H](COCc2ccccc2)[C@@H](OCc2ccccc2)[C@@H]1O. The van der Waals surface area contributed by atoms with Crippen molar-refractivity contribution in [2.75, 3.05) is 6.61 Å². The minimum absolute atomic E-state index is 0.239. The average Bonchev–Trinajstić information content (AvgIpc) is 2.89. The Kier molecular flexibility index (Phi) is 5.96. The molecular weight excluding hydrogens is 308 g/mol. The third-order valence-electron chi connectivity index (χ3n) is 3.99. The zero-order valence-corrected chi connectivity index (χ0v) is 13.3. The Bertz CT molecular complexity index is 604. The molecule has 24 heavy (non-hydrogen) atoms. The highest BCUT2D eigenvalue weighted by molar-refractivity contribution is 5.14. The van der Waals surface area contributed by atoms with Crippen LogP contribution in [0.5, 0.6) is 0 Å². The van der Waals surface area contributed by atoms with Crippen LogP contribution in [-0.4, -0.2) is 41.4 Å². The van der Waals surface area contributed by atoms with Gasteiger partial charge in [0.25, 0.3) is 0 Å². The van der Waals surface area contributed by atoms with Crippen LogP contribution in [0, 0.1) is 0 Å². The summed E-state index contributed by atoms with van der Waals surface area (Å²) in [5.41, 5.74) is 2.05. The van der Waals surface area contributed by atoms with Crippen LogP contribution in [0.1, 0.15) is 11.1 Å². The Morgan fingerprint density at radius 3 is 2.04 bits per heavy atom. The Hall–Kier alpha value is -1.76. The Balaban J connectivity index is 1.52. The van der Waals surface area contributed by atoms with Gasteiger partial charge in [-0.2, -0.15) is 0 Å². The average molecular weight is 330 g/mol. The summed E-state index contributed by atoms with van der Waals surface area (Å²) < 4.78 is 16.8. The predicted molar refractivity (Wildman–Crippen MR) is 88.0 cm³/mol. The Morgan fingerprint density at radius 1 is 0.833 bits per heavy atom. The molecule has 5 nitrogen and oxygen atoms in total. The smallest absolute Gasteiger partial charge is 0.184 e. The molecule has 2 N–H and O–H groups in total. The summed E-state index contributed by atoms with van der Waals surface area (Å²) in [7, 11) is 0. The largest absolute Gasteiger partial charge is 0.385 e. The second kappa shape index (κ2) is 8.37.